The summed E-state index contributed by atoms with van der Waals surface area (Å²) < 4.78 is 18.8. The van der Waals surface area contributed by atoms with Crippen molar-refractivity contribution < 1.29 is 18.7 Å². The van der Waals surface area contributed by atoms with Crippen LogP contribution in [0, 0.1) is 12.7 Å². The van der Waals surface area contributed by atoms with Crippen LogP contribution in [0.15, 0.2) is 48.5 Å². The molecule has 1 aliphatic heterocycles. The van der Waals surface area contributed by atoms with Gasteiger partial charge in [0.15, 0.2) is 0 Å². The van der Waals surface area contributed by atoms with Crippen molar-refractivity contribution >= 4 is 23.6 Å². The summed E-state index contributed by atoms with van der Waals surface area (Å²) in [7, 11) is 1.56. The fourth-order valence-electron chi connectivity index (χ4n) is 3.19. The van der Waals surface area contributed by atoms with Crippen molar-refractivity contribution in [2.75, 3.05) is 26.0 Å². The summed E-state index contributed by atoms with van der Waals surface area (Å²) in [5, 5.41) is 2.38. The van der Waals surface area contributed by atoms with E-state index in [0.717, 1.165) is 5.56 Å². The second-order valence-electron chi connectivity index (χ2n) is 6.62. The van der Waals surface area contributed by atoms with Gasteiger partial charge in [-0.25, -0.2) is 4.39 Å². The Kier molecular flexibility index (Phi) is 6.70. The molecule has 148 valence electrons. The number of nitrogens with one attached hydrogen (secondary N) is 1. The van der Waals surface area contributed by atoms with Crippen molar-refractivity contribution in [3.63, 3.8) is 0 Å². The quantitative estimate of drug-likeness (QED) is 0.754. The van der Waals surface area contributed by atoms with E-state index in [2.05, 4.69) is 5.32 Å². The Morgan fingerprint density at radius 3 is 2.75 bits per heavy atom. The lowest BCUT2D eigenvalue weighted by Crippen LogP contribution is -2.48. The van der Waals surface area contributed by atoms with Gasteiger partial charge in [0.05, 0.1) is 6.61 Å². The first-order valence-corrected chi connectivity index (χ1v) is 10.1. The fourth-order valence-corrected chi connectivity index (χ4v) is 4.61. The van der Waals surface area contributed by atoms with Crippen LogP contribution in [0.4, 0.5) is 4.39 Å². The number of benzene rings is 2. The number of ether oxygens (including phenoxy) is 1. The van der Waals surface area contributed by atoms with E-state index in [4.69, 9.17) is 4.74 Å². The Labute approximate surface area is 168 Å². The molecule has 7 heteroatoms. The fraction of sp³-hybridized carbons (Fsp3) is 0.333. The van der Waals surface area contributed by atoms with E-state index in [-0.39, 0.29) is 17.6 Å². The van der Waals surface area contributed by atoms with Crippen LogP contribution >= 0.6 is 11.8 Å². The van der Waals surface area contributed by atoms with E-state index >= 15 is 0 Å². The van der Waals surface area contributed by atoms with Gasteiger partial charge in [-0.3, -0.25) is 9.59 Å². The topological polar surface area (TPSA) is 58.6 Å². The summed E-state index contributed by atoms with van der Waals surface area (Å²) in [5.74, 6) is -0.397. The highest BCUT2D eigenvalue weighted by atomic mass is 32.2. The molecule has 0 bridgehead atoms. The molecule has 1 N–H and O–H groups in total. The van der Waals surface area contributed by atoms with Crippen molar-refractivity contribution in [2.24, 2.45) is 0 Å². The molecule has 2 atom stereocenters. The van der Waals surface area contributed by atoms with Crippen molar-refractivity contribution in [1.82, 2.24) is 10.2 Å². The maximum absolute atomic E-state index is 13.8. The van der Waals surface area contributed by atoms with Crippen molar-refractivity contribution in [3.05, 3.63) is 71.0 Å². The Morgan fingerprint density at radius 2 is 2.04 bits per heavy atom. The lowest BCUT2D eigenvalue weighted by molar-refractivity contribution is -0.125. The molecule has 0 spiro atoms. The summed E-state index contributed by atoms with van der Waals surface area (Å²) in [5.41, 5.74) is 2.14. The number of nitrogens with zero attached hydrogens (tertiary/aromatic N) is 1. The Morgan fingerprint density at radius 1 is 1.25 bits per heavy atom. The maximum atomic E-state index is 13.8. The average molecular weight is 402 g/mol. The van der Waals surface area contributed by atoms with Gasteiger partial charge in [0, 0.05) is 25.0 Å². The molecule has 1 fully saturated rings. The SMILES string of the molecule is COCCNC(=O)C1CSC(c2cccc(F)c2)N1C(=O)c1cccc(C)c1. The number of carbonyl (C=O) groups is 2. The normalized spacial score (nSPS) is 18.9. The lowest BCUT2D eigenvalue weighted by atomic mass is 10.1. The molecule has 1 saturated heterocycles. The highest BCUT2D eigenvalue weighted by molar-refractivity contribution is 7.99. The van der Waals surface area contributed by atoms with Gasteiger partial charge in [-0.2, -0.15) is 0 Å². The minimum atomic E-state index is -0.636. The van der Waals surface area contributed by atoms with Gasteiger partial charge in [-0.1, -0.05) is 29.8 Å². The minimum absolute atomic E-state index is 0.232. The van der Waals surface area contributed by atoms with Crippen molar-refractivity contribution in [3.8, 4) is 0 Å². The van der Waals surface area contributed by atoms with Crippen molar-refractivity contribution in [2.45, 2.75) is 18.3 Å². The molecule has 0 aliphatic carbocycles. The van der Waals surface area contributed by atoms with E-state index in [9.17, 15) is 14.0 Å². The molecular formula is C21H23FN2O3S. The Bertz CT molecular complexity index is 861. The van der Waals surface area contributed by atoms with Crippen LogP contribution in [0.2, 0.25) is 0 Å². The number of amides is 2. The predicted molar refractivity (Wildman–Crippen MR) is 108 cm³/mol. The maximum Gasteiger partial charge on any atom is 0.255 e. The number of hydrogen-bond acceptors (Lipinski definition) is 4. The van der Waals surface area contributed by atoms with Crippen LogP contribution in [0.5, 0.6) is 0 Å². The first-order chi connectivity index (χ1) is 13.5. The molecule has 2 amide bonds. The molecular weight excluding hydrogens is 379 g/mol. The first kappa shape index (κ1) is 20.4. The predicted octanol–water partition coefficient (Wildman–Crippen LogP) is 3.15. The monoisotopic (exact) mass is 402 g/mol. The number of thioether (sulfide) groups is 1. The summed E-state index contributed by atoms with van der Waals surface area (Å²) in [6, 6.07) is 12.8. The summed E-state index contributed by atoms with van der Waals surface area (Å²) >= 11 is 1.46. The number of rotatable bonds is 6. The third kappa shape index (κ3) is 4.54. The number of aryl methyl sites for hydroxylation is 1. The van der Waals surface area contributed by atoms with Gasteiger partial charge < -0.3 is 15.0 Å². The van der Waals surface area contributed by atoms with Crippen LogP contribution in [-0.4, -0.2) is 48.8 Å². The smallest absolute Gasteiger partial charge is 0.255 e. The third-order valence-corrected chi connectivity index (χ3v) is 5.87. The second-order valence-corrected chi connectivity index (χ2v) is 7.74. The molecule has 28 heavy (non-hydrogen) atoms. The van der Waals surface area contributed by atoms with E-state index in [1.165, 1.54) is 23.9 Å². The van der Waals surface area contributed by atoms with Gasteiger partial charge in [0.1, 0.15) is 17.2 Å². The molecule has 0 saturated carbocycles. The molecule has 3 rings (SSSR count). The largest absolute Gasteiger partial charge is 0.383 e. The zero-order valence-electron chi connectivity index (χ0n) is 15.9. The average Bonchev–Trinajstić information content (AvgIpc) is 3.12. The zero-order valence-corrected chi connectivity index (χ0v) is 16.7. The summed E-state index contributed by atoms with van der Waals surface area (Å²) in [4.78, 5) is 27.6. The lowest BCUT2D eigenvalue weighted by Gasteiger charge is -2.29. The molecule has 1 heterocycles. The van der Waals surface area contributed by atoms with E-state index in [1.54, 1.807) is 36.3 Å². The minimum Gasteiger partial charge on any atom is -0.383 e. The van der Waals surface area contributed by atoms with Crippen LogP contribution in [-0.2, 0) is 9.53 Å². The molecule has 2 aromatic carbocycles. The molecule has 0 aromatic heterocycles. The van der Waals surface area contributed by atoms with Gasteiger partial charge in [-0.05, 0) is 36.8 Å². The van der Waals surface area contributed by atoms with Gasteiger partial charge in [0.25, 0.3) is 5.91 Å². The summed E-state index contributed by atoms with van der Waals surface area (Å²) in [6.07, 6.45) is 0. The van der Waals surface area contributed by atoms with Crippen LogP contribution < -0.4 is 5.32 Å². The van der Waals surface area contributed by atoms with Crippen molar-refractivity contribution in [1.29, 1.82) is 0 Å². The second kappa shape index (κ2) is 9.21. The van der Waals surface area contributed by atoms with Crippen LogP contribution in [0.1, 0.15) is 26.9 Å². The number of carbonyl (C=O) groups excluding carboxylic acids is 2. The van der Waals surface area contributed by atoms with Gasteiger partial charge >= 0.3 is 0 Å². The van der Waals surface area contributed by atoms with E-state index in [0.29, 0.717) is 30.0 Å². The third-order valence-electron chi connectivity index (χ3n) is 4.54. The molecule has 1 aliphatic rings. The highest BCUT2D eigenvalue weighted by Crippen LogP contribution is 2.42. The number of hydrogen-bond donors (Lipinski definition) is 1. The molecule has 2 unspecified atom stereocenters. The van der Waals surface area contributed by atoms with Crippen LogP contribution in [0.3, 0.4) is 0 Å². The Hall–Kier alpha value is -2.38. The van der Waals surface area contributed by atoms with Gasteiger partial charge in [0.2, 0.25) is 5.91 Å². The van der Waals surface area contributed by atoms with E-state index in [1.807, 2.05) is 19.1 Å². The number of halogens is 1. The number of methoxy groups -OCH3 is 1. The van der Waals surface area contributed by atoms with Crippen LogP contribution in [0.25, 0.3) is 0 Å². The molecule has 0 radical (unpaired) electrons. The zero-order chi connectivity index (χ0) is 20.1. The van der Waals surface area contributed by atoms with E-state index < -0.39 is 11.4 Å². The Balaban J connectivity index is 1.92. The standard InChI is InChI=1S/C21H23FN2O3S/c1-14-5-3-6-15(11-14)20(26)24-18(19(25)23-9-10-27-2)13-28-21(24)16-7-4-8-17(22)12-16/h3-8,11-12,18,21H,9-10,13H2,1-2H3,(H,23,25). The molecule has 5 nitrogen and oxygen atoms in total. The first-order valence-electron chi connectivity index (χ1n) is 9.04. The summed E-state index contributed by atoms with van der Waals surface area (Å²) in [6.45, 7) is 2.67. The molecule has 2 aromatic rings. The van der Waals surface area contributed by atoms with Gasteiger partial charge in [-0.15, -0.1) is 11.8 Å². The highest BCUT2D eigenvalue weighted by Gasteiger charge is 2.42.